The van der Waals surface area contributed by atoms with Crippen LogP contribution in [0.25, 0.3) is 11.1 Å². The summed E-state index contributed by atoms with van der Waals surface area (Å²) in [6.45, 7) is 0. The van der Waals surface area contributed by atoms with Gasteiger partial charge in [-0.2, -0.15) is 0 Å². The summed E-state index contributed by atoms with van der Waals surface area (Å²) in [4.78, 5) is 11.4. The summed E-state index contributed by atoms with van der Waals surface area (Å²) in [5.41, 5.74) is 2.39. The first-order chi connectivity index (χ1) is 9.08. The van der Waals surface area contributed by atoms with Gasteiger partial charge in [-0.25, -0.2) is 4.79 Å². The lowest BCUT2D eigenvalue weighted by Crippen LogP contribution is -2.08. The van der Waals surface area contributed by atoms with E-state index >= 15 is 0 Å². The molecule has 0 saturated carbocycles. The molecule has 0 amide bonds. The fourth-order valence-corrected chi connectivity index (χ4v) is 2.46. The molecule has 0 aliphatic carbocycles. The zero-order valence-corrected chi connectivity index (χ0v) is 11.5. The van der Waals surface area contributed by atoms with E-state index in [2.05, 4.69) is 15.9 Å². The van der Waals surface area contributed by atoms with Crippen LogP contribution in [-0.4, -0.2) is 9.67 Å². The Balaban J connectivity index is 2.11. The predicted molar refractivity (Wildman–Crippen MR) is 71.9 cm³/mol. The average molecular weight is 324 g/mol. The fraction of sp³-hybridized carbons (Fsp3) is 0.154. The molecule has 2 aromatic heterocycles. The molecule has 0 fully saturated rings. The van der Waals surface area contributed by atoms with E-state index in [1.165, 1.54) is 10.8 Å². The zero-order chi connectivity index (χ0) is 13.6. The van der Waals surface area contributed by atoms with Crippen molar-refractivity contribution in [3.8, 4) is 0 Å². The highest BCUT2D eigenvalue weighted by Crippen LogP contribution is 2.30. The second-order valence-electron chi connectivity index (χ2n) is 4.21. The molecule has 0 radical (unpaired) electrons. The third-order valence-electron chi connectivity index (χ3n) is 3.07. The van der Waals surface area contributed by atoms with Gasteiger partial charge in [0.2, 0.25) is 0 Å². The molecule has 1 aromatic carbocycles. The number of aliphatic hydroxyl groups excluding tert-OH is 1. The molecular formula is C13H10BrNO4. The molecule has 3 rings (SSSR count). The molecule has 0 saturated heterocycles. The van der Waals surface area contributed by atoms with Crippen LogP contribution in [0.4, 0.5) is 0 Å². The van der Waals surface area contributed by atoms with Crippen LogP contribution in [0.2, 0.25) is 0 Å². The molecule has 2 heterocycles. The lowest BCUT2D eigenvalue weighted by molar-refractivity contribution is 0.218. The Morgan fingerprint density at radius 2 is 2.16 bits per heavy atom. The zero-order valence-electron chi connectivity index (χ0n) is 9.96. The topological polar surface area (TPSA) is 68.5 Å². The number of benzene rings is 1. The highest BCUT2D eigenvalue weighted by Gasteiger charge is 2.17. The summed E-state index contributed by atoms with van der Waals surface area (Å²) >= 11 is 3.23. The normalized spacial score (nSPS) is 13.0. The smallest absolute Gasteiger partial charge is 0.419 e. The molecule has 6 heteroatoms. The Kier molecular flexibility index (Phi) is 2.83. The van der Waals surface area contributed by atoms with Crippen LogP contribution in [0.15, 0.2) is 48.8 Å². The average Bonchev–Trinajstić information content (AvgIpc) is 2.93. The third kappa shape index (κ3) is 1.93. The summed E-state index contributed by atoms with van der Waals surface area (Å²) in [5, 5.41) is 10.3. The van der Waals surface area contributed by atoms with E-state index < -0.39 is 11.9 Å². The lowest BCUT2D eigenvalue weighted by Gasteiger charge is -2.09. The quantitative estimate of drug-likeness (QED) is 0.787. The van der Waals surface area contributed by atoms with Crippen LogP contribution < -0.4 is 5.76 Å². The first-order valence-corrected chi connectivity index (χ1v) is 6.37. The van der Waals surface area contributed by atoms with E-state index in [-0.39, 0.29) is 0 Å². The van der Waals surface area contributed by atoms with Gasteiger partial charge in [0, 0.05) is 12.6 Å². The van der Waals surface area contributed by atoms with E-state index in [0.29, 0.717) is 26.9 Å². The van der Waals surface area contributed by atoms with Gasteiger partial charge in [-0.3, -0.25) is 4.57 Å². The molecular weight excluding hydrogens is 314 g/mol. The summed E-state index contributed by atoms with van der Waals surface area (Å²) < 4.78 is 12.1. The number of hydrogen-bond acceptors (Lipinski definition) is 4. The Morgan fingerprint density at radius 1 is 1.37 bits per heavy atom. The van der Waals surface area contributed by atoms with Crippen molar-refractivity contribution < 1.29 is 13.9 Å². The van der Waals surface area contributed by atoms with Crippen molar-refractivity contribution >= 4 is 27.0 Å². The first kappa shape index (κ1) is 12.3. The van der Waals surface area contributed by atoms with Crippen molar-refractivity contribution in [2.24, 2.45) is 7.05 Å². The number of halogens is 1. The van der Waals surface area contributed by atoms with Gasteiger partial charge < -0.3 is 13.9 Å². The molecule has 5 nitrogen and oxygen atoms in total. The van der Waals surface area contributed by atoms with Crippen LogP contribution in [0, 0.1) is 0 Å². The van der Waals surface area contributed by atoms with Gasteiger partial charge in [0.1, 0.15) is 6.10 Å². The Labute approximate surface area is 116 Å². The number of rotatable bonds is 2. The largest absolute Gasteiger partial charge is 0.457 e. The molecule has 0 aliphatic rings. The maximum atomic E-state index is 11.4. The number of aryl methyl sites for hydroxylation is 1. The molecule has 1 atom stereocenters. The number of aliphatic hydroxyl groups is 1. The van der Waals surface area contributed by atoms with Crippen LogP contribution in [-0.2, 0) is 7.05 Å². The second kappa shape index (κ2) is 4.40. The standard InChI is InChI=1S/C13H10BrNO4/c1-15-9-3-2-7(6-10(9)19-13(15)17)11(16)8-4-5-18-12(8)14/h2-6,11,16H,1H3. The van der Waals surface area contributed by atoms with Gasteiger partial charge in [-0.05, 0) is 39.7 Å². The number of aromatic nitrogens is 1. The minimum atomic E-state index is -0.844. The molecule has 0 bridgehead atoms. The maximum Gasteiger partial charge on any atom is 0.419 e. The Bertz CT molecular complexity index is 798. The van der Waals surface area contributed by atoms with Crippen molar-refractivity contribution in [2.45, 2.75) is 6.10 Å². The molecule has 0 aliphatic heterocycles. The first-order valence-electron chi connectivity index (χ1n) is 5.58. The minimum Gasteiger partial charge on any atom is -0.457 e. The van der Waals surface area contributed by atoms with Crippen LogP contribution in [0.5, 0.6) is 0 Å². The van der Waals surface area contributed by atoms with Crippen LogP contribution in [0.1, 0.15) is 17.2 Å². The van der Waals surface area contributed by atoms with Crippen molar-refractivity contribution in [1.29, 1.82) is 0 Å². The van der Waals surface area contributed by atoms with Gasteiger partial charge in [0.05, 0.1) is 11.8 Å². The predicted octanol–water partition coefficient (Wildman–Crippen LogP) is 2.57. The summed E-state index contributed by atoms with van der Waals surface area (Å²) in [5.74, 6) is -0.425. The summed E-state index contributed by atoms with van der Waals surface area (Å²) in [7, 11) is 1.64. The van der Waals surface area contributed by atoms with E-state index in [1.807, 2.05) is 0 Å². The summed E-state index contributed by atoms with van der Waals surface area (Å²) in [6, 6.07) is 6.83. The van der Waals surface area contributed by atoms with Crippen LogP contribution >= 0.6 is 15.9 Å². The molecule has 1 unspecified atom stereocenters. The van der Waals surface area contributed by atoms with Gasteiger partial charge in [0.15, 0.2) is 10.3 Å². The van der Waals surface area contributed by atoms with E-state index in [4.69, 9.17) is 8.83 Å². The van der Waals surface area contributed by atoms with E-state index in [0.717, 1.165) is 0 Å². The number of furan rings is 1. The number of fused-ring (bicyclic) bond motifs is 1. The minimum absolute atomic E-state index is 0.425. The SMILES string of the molecule is Cn1c(=O)oc2cc(C(O)c3ccoc3Br)ccc21. The number of hydrogen-bond donors (Lipinski definition) is 1. The van der Waals surface area contributed by atoms with Crippen molar-refractivity contribution in [2.75, 3.05) is 0 Å². The number of oxazole rings is 1. The Hall–Kier alpha value is -1.79. The molecule has 19 heavy (non-hydrogen) atoms. The summed E-state index contributed by atoms with van der Waals surface area (Å²) in [6.07, 6.45) is 0.645. The van der Waals surface area contributed by atoms with Gasteiger partial charge in [-0.15, -0.1) is 0 Å². The van der Waals surface area contributed by atoms with Gasteiger partial charge in [-0.1, -0.05) is 6.07 Å². The fourth-order valence-electron chi connectivity index (χ4n) is 2.00. The van der Waals surface area contributed by atoms with Crippen molar-refractivity contribution in [1.82, 2.24) is 4.57 Å². The molecule has 3 aromatic rings. The van der Waals surface area contributed by atoms with E-state index in [9.17, 15) is 9.90 Å². The van der Waals surface area contributed by atoms with Crippen molar-refractivity contribution in [3.05, 3.63) is 56.9 Å². The van der Waals surface area contributed by atoms with Crippen LogP contribution in [0.3, 0.4) is 0 Å². The molecule has 0 spiro atoms. The van der Waals surface area contributed by atoms with Gasteiger partial charge in [0.25, 0.3) is 0 Å². The third-order valence-corrected chi connectivity index (χ3v) is 3.72. The maximum absolute atomic E-state index is 11.4. The second-order valence-corrected chi connectivity index (χ2v) is 4.93. The highest BCUT2D eigenvalue weighted by atomic mass is 79.9. The number of nitrogens with zero attached hydrogens (tertiary/aromatic N) is 1. The Morgan fingerprint density at radius 3 is 2.84 bits per heavy atom. The molecule has 1 N–H and O–H groups in total. The lowest BCUT2D eigenvalue weighted by atomic mass is 10.0. The van der Waals surface area contributed by atoms with Gasteiger partial charge >= 0.3 is 5.76 Å². The molecule has 98 valence electrons. The monoisotopic (exact) mass is 323 g/mol. The van der Waals surface area contributed by atoms with E-state index in [1.54, 1.807) is 31.3 Å². The van der Waals surface area contributed by atoms with Crippen molar-refractivity contribution in [3.63, 3.8) is 0 Å². The highest BCUT2D eigenvalue weighted by molar-refractivity contribution is 9.10.